The summed E-state index contributed by atoms with van der Waals surface area (Å²) in [7, 11) is 0. The molecule has 1 fully saturated rings. The van der Waals surface area contributed by atoms with Crippen LogP contribution in [-0.4, -0.2) is 0 Å². The zero-order valence-corrected chi connectivity index (χ0v) is 14.9. The molecule has 1 unspecified atom stereocenters. The Hall–Kier alpha value is -0.526. The first-order valence-electron chi connectivity index (χ1n) is 6.74. The van der Waals surface area contributed by atoms with Gasteiger partial charge in [0.2, 0.25) is 0 Å². The van der Waals surface area contributed by atoms with Crippen molar-refractivity contribution in [1.82, 2.24) is 0 Å². The Morgan fingerprint density at radius 1 is 1.05 bits per heavy atom. The molecule has 0 radical (unpaired) electrons. The molecule has 0 N–H and O–H groups in total. The normalized spacial score (nSPS) is 17.7. The van der Waals surface area contributed by atoms with Gasteiger partial charge in [0.05, 0.1) is 0 Å². The molecule has 2 aromatic carbocycles. The summed E-state index contributed by atoms with van der Waals surface area (Å²) in [6.07, 6.45) is 13.0. The molecule has 3 heteroatoms. The minimum atomic E-state index is 0. The molecule has 2 aromatic rings. The van der Waals surface area contributed by atoms with E-state index in [2.05, 4.69) is 67.1 Å². The van der Waals surface area contributed by atoms with Crippen LogP contribution in [0.3, 0.4) is 0 Å². The second-order valence-electron chi connectivity index (χ2n) is 4.96. The summed E-state index contributed by atoms with van der Waals surface area (Å²) >= 11 is 0. The van der Waals surface area contributed by atoms with E-state index < -0.39 is 0 Å². The molecule has 1 saturated carbocycles. The van der Waals surface area contributed by atoms with E-state index in [-0.39, 0.29) is 46.5 Å². The van der Waals surface area contributed by atoms with E-state index in [1.807, 2.05) is 0 Å². The Bertz CT molecular complexity index is 553. The topological polar surface area (TPSA) is 0 Å². The number of allylic oxidation sites excluding steroid dienone is 4. The third kappa shape index (κ3) is 5.31. The van der Waals surface area contributed by atoms with Gasteiger partial charge in [0.25, 0.3) is 0 Å². The average Bonchev–Trinajstić information content (AvgIpc) is 3.08. The smallest absolute Gasteiger partial charge is 1.00 e. The summed E-state index contributed by atoms with van der Waals surface area (Å²) in [6.45, 7) is 0. The fourth-order valence-corrected chi connectivity index (χ4v) is 2.73. The number of rotatable bonds is 0. The maximum atomic E-state index is 2.37. The molecule has 4 rings (SSSR count). The van der Waals surface area contributed by atoms with Crippen molar-refractivity contribution in [2.75, 3.05) is 0 Å². The zero-order valence-electron chi connectivity index (χ0n) is 11.8. The fraction of sp³-hybridized carbons (Fsp3) is 0.222. The van der Waals surface area contributed by atoms with Crippen LogP contribution in [0.1, 0.15) is 19.3 Å². The van der Waals surface area contributed by atoms with Crippen LogP contribution in [0.2, 0.25) is 0 Å². The van der Waals surface area contributed by atoms with Crippen LogP contribution in [0, 0.1) is 12.3 Å². The van der Waals surface area contributed by atoms with E-state index in [0.717, 1.165) is 5.92 Å². The van der Waals surface area contributed by atoms with Crippen LogP contribution >= 0.6 is 0 Å². The number of benzene rings is 1. The Morgan fingerprint density at radius 3 is 2.62 bits per heavy atom. The van der Waals surface area contributed by atoms with E-state index in [0.29, 0.717) is 0 Å². The second-order valence-corrected chi connectivity index (χ2v) is 4.96. The van der Waals surface area contributed by atoms with Gasteiger partial charge in [-0.2, -0.15) is 17.5 Å². The molecule has 2 aliphatic carbocycles. The minimum absolute atomic E-state index is 0. The van der Waals surface area contributed by atoms with Gasteiger partial charge in [0.15, 0.2) is 0 Å². The van der Waals surface area contributed by atoms with Crippen molar-refractivity contribution in [2.45, 2.75) is 19.3 Å². The van der Waals surface area contributed by atoms with Gasteiger partial charge in [-0.05, 0) is 12.3 Å². The average molecular weight is 353 g/mol. The van der Waals surface area contributed by atoms with Crippen LogP contribution < -0.4 is 24.8 Å². The molecule has 1 atom stereocenters. The van der Waals surface area contributed by atoms with Crippen LogP contribution in [0.15, 0.2) is 66.3 Å². The van der Waals surface area contributed by atoms with Crippen molar-refractivity contribution in [3.05, 3.63) is 72.7 Å². The maximum Gasteiger partial charge on any atom is 4.00 e. The summed E-state index contributed by atoms with van der Waals surface area (Å²) in [5, 5.41) is 2.66. The third-order valence-electron chi connectivity index (χ3n) is 3.76. The summed E-state index contributed by atoms with van der Waals surface area (Å²) in [4.78, 5) is 0. The van der Waals surface area contributed by atoms with Gasteiger partial charge in [-0.15, -0.1) is 48.2 Å². The molecule has 2 aliphatic rings. The molecule has 0 heterocycles. The zero-order chi connectivity index (χ0) is 12.2. The first kappa shape index (κ1) is 20.5. The number of hydrogen-bond donors (Lipinski definition) is 0. The van der Waals surface area contributed by atoms with Crippen LogP contribution in [0.25, 0.3) is 10.8 Å². The van der Waals surface area contributed by atoms with Crippen molar-refractivity contribution in [3.8, 4) is 0 Å². The van der Waals surface area contributed by atoms with E-state index in [9.17, 15) is 0 Å². The first-order chi connectivity index (χ1) is 8.93. The predicted molar refractivity (Wildman–Crippen MR) is 78.4 cm³/mol. The Kier molecular flexibility index (Phi) is 9.99. The van der Waals surface area contributed by atoms with E-state index in [1.54, 1.807) is 5.57 Å². The molecule has 0 nitrogen and oxygen atoms in total. The molecular weight excluding hydrogens is 335 g/mol. The van der Waals surface area contributed by atoms with E-state index in [1.165, 1.54) is 30.0 Å². The molecule has 0 amide bonds. The monoisotopic (exact) mass is 352 g/mol. The number of halogens is 2. The Morgan fingerprint density at radius 2 is 1.86 bits per heavy atom. The van der Waals surface area contributed by atoms with Crippen molar-refractivity contribution < 1.29 is 46.5 Å². The molecule has 0 aromatic heterocycles. The molecule has 108 valence electrons. The van der Waals surface area contributed by atoms with E-state index in [4.69, 9.17) is 0 Å². The van der Waals surface area contributed by atoms with Crippen molar-refractivity contribution in [1.29, 1.82) is 0 Å². The number of fused-ring (bicyclic) bond motifs is 2. The predicted octanol–water partition coefficient (Wildman–Crippen LogP) is -0.949. The summed E-state index contributed by atoms with van der Waals surface area (Å²) in [5.41, 5.74) is 1.58. The summed E-state index contributed by atoms with van der Waals surface area (Å²) < 4.78 is 0. The third-order valence-corrected chi connectivity index (χ3v) is 3.76. The molecule has 21 heavy (non-hydrogen) atoms. The van der Waals surface area contributed by atoms with Crippen molar-refractivity contribution in [2.24, 2.45) is 5.92 Å². The van der Waals surface area contributed by atoms with Crippen molar-refractivity contribution in [3.63, 3.8) is 0 Å². The first-order valence-corrected chi connectivity index (χ1v) is 6.74. The van der Waals surface area contributed by atoms with Crippen molar-refractivity contribution >= 4 is 10.8 Å². The second kappa shape index (κ2) is 10.2. The molecule has 0 bridgehead atoms. The van der Waals surface area contributed by atoms with Gasteiger partial charge in [-0.25, -0.2) is 18.1 Å². The largest absolute Gasteiger partial charge is 4.00 e. The van der Waals surface area contributed by atoms with Gasteiger partial charge in [0, 0.05) is 0 Å². The van der Waals surface area contributed by atoms with Gasteiger partial charge in [-0.3, -0.25) is 0 Å². The minimum Gasteiger partial charge on any atom is -1.00 e. The molecular formula is C18H18Cl2Ti. The molecule has 0 saturated heterocycles. The Labute approximate surface area is 154 Å². The quantitative estimate of drug-likeness (QED) is 0.424. The van der Waals surface area contributed by atoms with Gasteiger partial charge >= 0.3 is 21.7 Å². The SMILES string of the molecule is C1=CCC2CC[CH-]C2=C1.[Cl-].[Cl-].[Ti+4].c1ccc2[cH-]ccc2c1. The van der Waals surface area contributed by atoms with Gasteiger partial charge in [0.1, 0.15) is 0 Å². The molecule has 0 spiro atoms. The number of hydrogen-bond acceptors (Lipinski definition) is 0. The van der Waals surface area contributed by atoms with Crippen LogP contribution in [-0.2, 0) is 21.7 Å². The van der Waals surface area contributed by atoms with E-state index >= 15 is 0 Å². The van der Waals surface area contributed by atoms with Gasteiger partial charge < -0.3 is 24.8 Å². The Balaban J connectivity index is 0.000000333. The molecule has 0 aliphatic heterocycles. The summed E-state index contributed by atoms with van der Waals surface area (Å²) in [5.74, 6) is 0.884. The fourth-order valence-electron chi connectivity index (χ4n) is 2.73. The standard InChI is InChI=1S/C9H11.C9H7.2ClH.Ti/c2*1-2-5-9-7-3-6-8(9)4-1;;;/h1-2,4,6,9H,3,5,7H2;1-7H;2*1H;/q2*-1;;;+4/p-2. The summed E-state index contributed by atoms with van der Waals surface area (Å²) in [6, 6.07) is 14.7. The van der Waals surface area contributed by atoms with Gasteiger partial charge in [-0.1, -0.05) is 12.5 Å². The van der Waals surface area contributed by atoms with Crippen LogP contribution in [0.4, 0.5) is 0 Å². The van der Waals surface area contributed by atoms with Crippen LogP contribution in [0.5, 0.6) is 0 Å². The maximum absolute atomic E-state index is 2.37.